The zero-order valence-electron chi connectivity index (χ0n) is 18.2. The van der Waals surface area contributed by atoms with E-state index in [2.05, 4.69) is 5.32 Å². The third kappa shape index (κ3) is 8.57. The molecule has 0 radical (unpaired) electrons. The van der Waals surface area contributed by atoms with E-state index in [4.69, 9.17) is 26.8 Å². The van der Waals surface area contributed by atoms with Gasteiger partial charge in [0.15, 0.2) is 0 Å². The molecule has 3 N–H and O–H groups in total. The van der Waals surface area contributed by atoms with Gasteiger partial charge >= 0.3 is 5.97 Å². The van der Waals surface area contributed by atoms with Gasteiger partial charge in [0.1, 0.15) is 5.82 Å². The number of nitrogens with one attached hydrogen (secondary N) is 1. The largest absolute Gasteiger partial charge is 0.466 e. The molecule has 0 aromatic heterocycles. The lowest BCUT2D eigenvalue weighted by Gasteiger charge is -2.20. The molecule has 0 spiro atoms. The van der Waals surface area contributed by atoms with Gasteiger partial charge in [-0.2, -0.15) is 0 Å². The van der Waals surface area contributed by atoms with E-state index in [1.807, 2.05) is 24.3 Å². The van der Waals surface area contributed by atoms with Gasteiger partial charge in [0.25, 0.3) is 0 Å². The highest BCUT2D eigenvalue weighted by atomic mass is 35.5. The van der Waals surface area contributed by atoms with Crippen molar-refractivity contribution in [3.05, 3.63) is 58.9 Å². The zero-order chi connectivity index (χ0) is 22.6. The first-order valence-corrected chi connectivity index (χ1v) is 11.0. The molecule has 2 unspecified atom stereocenters. The molecule has 0 heterocycles. The lowest BCUT2D eigenvalue weighted by molar-refractivity contribution is -0.148. The molecule has 0 saturated carbocycles. The van der Waals surface area contributed by atoms with Crippen LogP contribution >= 0.6 is 11.6 Å². The predicted octanol–water partition coefficient (Wildman–Crippen LogP) is 4.21. The molecule has 7 heteroatoms. The number of methoxy groups -OCH3 is 1. The summed E-state index contributed by atoms with van der Waals surface area (Å²) in [5.74, 6) is -0.856. The molecule has 170 valence electrons. The molecule has 2 aromatic carbocycles. The van der Waals surface area contributed by atoms with E-state index in [1.54, 1.807) is 20.1 Å². The minimum absolute atomic E-state index is 0.205. The third-order valence-electron chi connectivity index (χ3n) is 4.99. The minimum Gasteiger partial charge on any atom is -0.466 e. The average Bonchev–Trinajstić information content (AvgIpc) is 2.75. The summed E-state index contributed by atoms with van der Waals surface area (Å²) in [5.41, 5.74) is 8.59. The molecular weight excluding hydrogens is 419 g/mol. The standard InChI is InChI=1S/C24H32ClFN2O3/c1-3-31-24(29)19(16-28-11-4-12-30-2)14-21(27)13-17-5-7-18(8-6-17)22-15-20(25)9-10-23(22)26/h5-10,15,19,21,28H,3-4,11-14,16,27H2,1-2H3. The van der Waals surface area contributed by atoms with Crippen molar-refractivity contribution < 1.29 is 18.7 Å². The highest BCUT2D eigenvalue weighted by Gasteiger charge is 2.22. The number of hydrogen-bond donors (Lipinski definition) is 2. The molecule has 5 nitrogen and oxygen atoms in total. The van der Waals surface area contributed by atoms with Crippen LogP contribution < -0.4 is 11.1 Å². The summed E-state index contributed by atoms with van der Waals surface area (Å²) in [7, 11) is 1.67. The number of esters is 1. The van der Waals surface area contributed by atoms with Crippen molar-refractivity contribution in [2.75, 3.05) is 33.4 Å². The molecule has 0 fully saturated rings. The Bertz CT molecular complexity index is 817. The van der Waals surface area contributed by atoms with E-state index in [-0.39, 0.29) is 23.7 Å². The summed E-state index contributed by atoms with van der Waals surface area (Å²) in [6, 6.07) is 11.9. The third-order valence-corrected chi connectivity index (χ3v) is 5.23. The van der Waals surface area contributed by atoms with Gasteiger partial charge in [0.05, 0.1) is 12.5 Å². The molecule has 2 atom stereocenters. The maximum absolute atomic E-state index is 14.1. The first-order valence-electron chi connectivity index (χ1n) is 10.6. The predicted molar refractivity (Wildman–Crippen MR) is 123 cm³/mol. The minimum atomic E-state index is -0.316. The number of carbonyl (C=O) groups excluding carboxylic acids is 1. The molecule has 0 saturated heterocycles. The van der Waals surface area contributed by atoms with Gasteiger partial charge < -0.3 is 20.5 Å². The van der Waals surface area contributed by atoms with Crippen LogP contribution in [0.3, 0.4) is 0 Å². The van der Waals surface area contributed by atoms with Gasteiger partial charge in [0, 0.05) is 36.9 Å². The second-order valence-corrected chi connectivity index (χ2v) is 7.96. The van der Waals surface area contributed by atoms with Gasteiger partial charge in [-0.05, 0) is 62.1 Å². The molecule has 2 aromatic rings. The highest BCUT2D eigenvalue weighted by molar-refractivity contribution is 6.30. The fraction of sp³-hybridized carbons (Fsp3) is 0.458. The van der Waals surface area contributed by atoms with E-state index in [1.165, 1.54) is 12.1 Å². The second kappa shape index (κ2) is 13.4. The van der Waals surface area contributed by atoms with Crippen molar-refractivity contribution in [3.8, 4) is 11.1 Å². The maximum Gasteiger partial charge on any atom is 0.310 e. The van der Waals surface area contributed by atoms with Crippen molar-refractivity contribution in [3.63, 3.8) is 0 Å². The monoisotopic (exact) mass is 450 g/mol. The summed E-state index contributed by atoms with van der Waals surface area (Å²) in [4.78, 5) is 12.3. The zero-order valence-corrected chi connectivity index (χ0v) is 19.0. The molecular formula is C24H32ClFN2O3. The van der Waals surface area contributed by atoms with Gasteiger partial charge in [-0.1, -0.05) is 35.9 Å². The fourth-order valence-corrected chi connectivity index (χ4v) is 3.60. The number of carbonyl (C=O) groups is 1. The first kappa shape index (κ1) is 25.3. The van der Waals surface area contributed by atoms with Gasteiger partial charge in [-0.25, -0.2) is 4.39 Å². The molecule has 0 aliphatic carbocycles. The van der Waals surface area contributed by atoms with Crippen LogP contribution in [0, 0.1) is 11.7 Å². The van der Waals surface area contributed by atoms with Crippen LogP contribution in [0.2, 0.25) is 5.02 Å². The van der Waals surface area contributed by atoms with Crippen LogP contribution in [-0.2, 0) is 20.7 Å². The Morgan fingerprint density at radius 3 is 2.65 bits per heavy atom. The van der Waals surface area contributed by atoms with Crippen LogP contribution in [-0.4, -0.2) is 45.4 Å². The summed E-state index contributed by atoms with van der Waals surface area (Å²) < 4.78 is 24.3. The number of nitrogens with two attached hydrogens (primary N) is 1. The smallest absolute Gasteiger partial charge is 0.310 e. The Balaban J connectivity index is 1.95. The van der Waals surface area contributed by atoms with Gasteiger partial charge in [0.2, 0.25) is 0 Å². The lowest BCUT2D eigenvalue weighted by atomic mass is 9.94. The highest BCUT2D eigenvalue weighted by Crippen LogP contribution is 2.26. The maximum atomic E-state index is 14.1. The molecule has 0 aliphatic rings. The quantitative estimate of drug-likeness (QED) is 0.353. The van der Waals surface area contributed by atoms with Crippen molar-refractivity contribution in [1.82, 2.24) is 5.32 Å². The second-order valence-electron chi connectivity index (χ2n) is 7.52. The molecule has 0 aliphatic heterocycles. The Morgan fingerprint density at radius 1 is 1.23 bits per heavy atom. The Morgan fingerprint density at radius 2 is 1.97 bits per heavy atom. The molecule has 0 bridgehead atoms. The molecule has 0 amide bonds. The van der Waals surface area contributed by atoms with Gasteiger partial charge in [-0.15, -0.1) is 0 Å². The van der Waals surface area contributed by atoms with Crippen LogP contribution in [0.1, 0.15) is 25.3 Å². The Hall–Kier alpha value is -1.99. The number of ether oxygens (including phenoxy) is 2. The Kier molecular flexibility index (Phi) is 10.9. The SMILES string of the molecule is CCOC(=O)C(CNCCCOC)CC(N)Cc1ccc(-c2cc(Cl)ccc2F)cc1. The normalized spacial score (nSPS) is 13.1. The van der Waals surface area contributed by atoms with Crippen LogP contribution in [0.4, 0.5) is 4.39 Å². The molecule has 31 heavy (non-hydrogen) atoms. The number of benzene rings is 2. The summed E-state index contributed by atoms with van der Waals surface area (Å²) in [6.45, 7) is 4.09. The average molecular weight is 451 g/mol. The van der Waals surface area contributed by atoms with Crippen LogP contribution in [0.15, 0.2) is 42.5 Å². The lowest BCUT2D eigenvalue weighted by Crippen LogP contribution is -2.36. The summed E-state index contributed by atoms with van der Waals surface area (Å²) in [6.07, 6.45) is 2.00. The fourth-order valence-electron chi connectivity index (χ4n) is 3.43. The van der Waals surface area contributed by atoms with Crippen molar-refractivity contribution in [2.24, 2.45) is 11.7 Å². The topological polar surface area (TPSA) is 73.6 Å². The first-order chi connectivity index (χ1) is 14.9. The molecule has 2 rings (SSSR count). The number of hydrogen-bond acceptors (Lipinski definition) is 5. The van der Waals surface area contributed by atoms with Crippen LogP contribution in [0.25, 0.3) is 11.1 Å². The van der Waals surface area contributed by atoms with E-state index < -0.39 is 0 Å². The number of halogens is 2. The summed E-state index contributed by atoms with van der Waals surface area (Å²) in [5, 5.41) is 3.77. The van der Waals surface area contributed by atoms with Crippen LogP contribution in [0.5, 0.6) is 0 Å². The van der Waals surface area contributed by atoms with E-state index >= 15 is 0 Å². The van der Waals surface area contributed by atoms with Crippen molar-refractivity contribution in [1.29, 1.82) is 0 Å². The van der Waals surface area contributed by atoms with Crippen molar-refractivity contribution >= 4 is 17.6 Å². The van der Waals surface area contributed by atoms with E-state index in [0.717, 1.165) is 24.1 Å². The van der Waals surface area contributed by atoms with Gasteiger partial charge in [-0.3, -0.25) is 4.79 Å². The summed E-state index contributed by atoms with van der Waals surface area (Å²) >= 11 is 5.99. The Labute approximate surface area is 189 Å². The van der Waals surface area contributed by atoms with E-state index in [0.29, 0.717) is 43.2 Å². The van der Waals surface area contributed by atoms with Crippen molar-refractivity contribution in [2.45, 2.75) is 32.2 Å². The van der Waals surface area contributed by atoms with E-state index in [9.17, 15) is 9.18 Å². The number of rotatable bonds is 13.